The minimum atomic E-state index is -5.41. The third-order valence-corrected chi connectivity index (χ3v) is 5.56. The van der Waals surface area contributed by atoms with Crippen LogP contribution in [0.3, 0.4) is 0 Å². The molecule has 2 aromatic carbocycles. The molecule has 0 aliphatic carbocycles. The van der Waals surface area contributed by atoms with Crippen LogP contribution in [0.5, 0.6) is 5.75 Å². The summed E-state index contributed by atoms with van der Waals surface area (Å²) >= 11 is 0. The Labute approximate surface area is 218 Å². The quantitative estimate of drug-likeness (QED) is 0.176. The first-order valence-electron chi connectivity index (χ1n) is 11.7. The Hall–Kier alpha value is -4.11. The van der Waals surface area contributed by atoms with Gasteiger partial charge in [0.05, 0.1) is 13.2 Å². The van der Waals surface area contributed by atoms with E-state index in [0.29, 0.717) is 24.2 Å². The zero-order valence-electron chi connectivity index (χ0n) is 20.2. The maximum atomic E-state index is 14.5. The summed E-state index contributed by atoms with van der Waals surface area (Å²) in [4.78, 5) is 25.7. The Morgan fingerprint density at radius 1 is 1.03 bits per heavy atom. The molecule has 2 heterocycles. The molecule has 1 aliphatic heterocycles. The van der Waals surface area contributed by atoms with Crippen molar-refractivity contribution < 1.29 is 45.4 Å². The Morgan fingerprint density at radius 3 is 2.44 bits per heavy atom. The van der Waals surface area contributed by atoms with Crippen molar-refractivity contribution in [2.75, 3.05) is 50.0 Å². The number of benzene rings is 2. The second kappa shape index (κ2) is 12.2. The van der Waals surface area contributed by atoms with Crippen molar-refractivity contribution in [3.05, 3.63) is 53.6 Å². The Kier molecular flexibility index (Phi) is 8.71. The molecule has 1 amide bonds. The van der Waals surface area contributed by atoms with Crippen LogP contribution in [0, 0.1) is 11.6 Å². The lowest BCUT2D eigenvalue weighted by atomic mass is 10.1. The van der Waals surface area contributed by atoms with Crippen LogP contribution < -0.4 is 15.4 Å². The van der Waals surface area contributed by atoms with Crippen molar-refractivity contribution in [3.8, 4) is 17.2 Å². The number of morpholine rings is 1. The fourth-order valence-corrected chi connectivity index (χ4v) is 3.60. The number of carbonyl (C=O) groups excluding carboxylic acids is 2. The molecule has 4 rings (SSSR count). The van der Waals surface area contributed by atoms with Gasteiger partial charge in [-0.1, -0.05) is 5.10 Å². The number of hydrogen-bond donors (Lipinski definition) is 2. The Morgan fingerprint density at radius 2 is 1.74 bits per heavy atom. The fraction of sp³-hybridized carbons (Fsp3) is 0.333. The van der Waals surface area contributed by atoms with Gasteiger partial charge >= 0.3 is 18.2 Å². The zero-order chi connectivity index (χ0) is 28.0. The molecule has 0 bridgehead atoms. The number of carbonyl (C=O) groups is 2. The number of alkyl halides is 3. The number of nitrogens with one attached hydrogen (secondary N) is 2. The summed E-state index contributed by atoms with van der Waals surface area (Å²) in [6.45, 7) is 4.78. The maximum Gasteiger partial charge on any atom is 0.491 e. The van der Waals surface area contributed by atoms with Gasteiger partial charge in [-0.15, -0.1) is 5.10 Å². The van der Waals surface area contributed by atoms with Crippen LogP contribution >= 0.6 is 0 Å². The van der Waals surface area contributed by atoms with Gasteiger partial charge in [-0.2, -0.15) is 13.2 Å². The summed E-state index contributed by atoms with van der Waals surface area (Å²) in [6.07, 6.45) is -4.55. The minimum absolute atomic E-state index is 0.0983. The number of anilines is 2. The number of rotatable bonds is 9. The van der Waals surface area contributed by atoms with E-state index < -0.39 is 41.0 Å². The van der Waals surface area contributed by atoms with Gasteiger partial charge in [-0.05, 0) is 49.4 Å². The summed E-state index contributed by atoms with van der Waals surface area (Å²) in [5.74, 6) is -8.24. The van der Waals surface area contributed by atoms with Gasteiger partial charge in [0.2, 0.25) is 5.89 Å². The average molecular weight is 555 g/mol. The number of amides is 1. The molecular formula is C24H22F5N5O5. The smallest absolute Gasteiger partial charge is 0.417 e. The van der Waals surface area contributed by atoms with Gasteiger partial charge in [0.15, 0.2) is 11.6 Å². The molecular weight excluding hydrogens is 533 g/mol. The number of esters is 1. The van der Waals surface area contributed by atoms with Gasteiger partial charge in [0.25, 0.3) is 5.91 Å². The van der Waals surface area contributed by atoms with Crippen LogP contribution in [0.4, 0.5) is 33.7 Å². The van der Waals surface area contributed by atoms with Crippen molar-refractivity contribution in [1.29, 1.82) is 0 Å². The van der Waals surface area contributed by atoms with Crippen molar-refractivity contribution >= 4 is 23.6 Å². The molecule has 1 fully saturated rings. The highest BCUT2D eigenvalue weighted by molar-refractivity contribution is 6.05. The summed E-state index contributed by atoms with van der Waals surface area (Å²) < 4.78 is 80.7. The first-order valence-corrected chi connectivity index (χ1v) is 11.7. The topological polar surface area (TPSA) is 119 Å². The SMILES string of the molecule is O=C(Nc1ccc(-c2nnc(NCCCN3CCOCC3)o2)cc1)c1c(F)ccc(OC(=O)C(F)(F)F)c1F. The van der Waals surface area contributed by atoms with E-state index >= 15 is 0 Å². The number of aromatic nitrogens is 2. The molecule has 0 spiro atoms. The number of halogens is 5. The largest absolute Gasteiger partial charge is 0.491 e. The number of ether oxygens (including phenoxy) is 2. The maximum absolute atomic E-state index is 14.5. The second-order valence-corrected chi connectivity index (χ2v) is 8.30. The Bertz CT molecular complexity index is 1310. The first kappa shape index (κ1) is 27.9. The van der Waals surface area contributed by atoms with E-state index in [0.717, 1.165) is 39.3 Å². The van der Waals surface area contributed by atoms with Gasteiger partial charge < -0.3 is 24.5 Å². The van der Waals surface area contributed by atoms with E-state index in [2.05, 4.69) is 30.5 Å². The van der Waals surface area contributed by atoms with Gasteiger partial charge in [0.1, 0.15) is 11.4 Å². The van der Waals surface area contributed by atoms with Crippen LogP contribution in [-0.2, 0) is 9.53 Å². The predicted octanol–water partition coefficient (Wildman–Crippen LogP) is 3.87. The van der Waals surface area contributed by atoms with E-state index in [4.69, 9.17) is 9.15 Å². The molecule has 0 unspecified atom stereocenters. The lowest BCUT2D eigenvalue weighted by molar-refractivity contribution is -0.189. The van der Waals surface area contributed by atoms with Crippen LogP contribution in [0.2, 0.25) is 0 Å². The molecule has 1 aromatic heterocycles. The van der Waals surface area contributed by atoms with Gasteiger partial charge in [-0.3, -0.25) is 9.69 Å². The van der Waals surface area contributed by atoms with E-state index in [1.807, 2.05) is 0 Å². The van der Waals surface area contributed by atoms with Crippen LogP contribution in [-0.4, -0.2) is 72.5 Å². The molecule has 208 valence electrons. The van der Waals surface area contributed by atoms with Crippen molar-refractivity contribution in [2.45, 2.75) is 12.6 Å². The van der Waals surface area contributed by atoms with Crippen molar-refractivity contribution in [2.24, 2.45) is 0 Å². The summed E-state index contributed by atoms with van der Waals surface area (Å²) in [5, 5.41) is 13.2. The van der Waals surface area contributed by atoms with Gasteiger partial charge in [0, 0.05) is 30.9 Å². The average Bonchev–Trinajstić information content (AvgIpc) is 3.38. The molecule has 10 nitrogen and oxygen atoms in total. The molecule has 0 atom stereocenters. The van der Waals surface area contributed by atoms with E-state index in [1.54, 1.807) is 0 Å². The molecule has 1 saturated heterocycles. The van der Waals surface area contributed by atoms with Crippen molar-refractivity contribution in [3.63, 3.8) is 0 Å². The van der Waals surface area contributed by atoms with E-state index in [9.17, 15) is 31.5 Å². The fourth-order valence-electron chi connectivity index (χ4n) is 3.60. The first-order chi connectivity index (χ1) is 18.6. The monoisotopic (exact) mass is 555 g/mol. The van der Waals surface area contributed by atoms with E-state index in [-0.39, 0.29) is 17.6 Å². The summed E-state index contributed by atoms with van der Waals surface area (Å²) in [5.41, 5.74) is -0.644. The summed E-state index contributed by atoms with van der Waals surface area (Å²) in [7, 11) is 0. The highest BCUT2D eigenvalue weighted by atomic mass is 19.4. The Balaban J connectivity index is 1.34. The molecule has 3 aromatic rings. The molecule has 15 heteroatoms. The third-order valence-electron chi connectivity index (χ3n) is 5.56. The van der Waals surface area contributed by atoms with Crippen LogP contribution in [0.1, 0.15) is 16.8 Å². The molecule has 0 saturated carbocycles. The summed E-state index contributed by atoms with van der Waals surface area (Å²) in [6, 6.07) is 6.97. The molecule has 39 heavy (non-hydrogen) atoms. The highest BCUT2D eigenvalue weighted by Crippen LogP contribution is 2.28. The minimum Gasteiger partial charge on any atom is -0.417 e. The number of hydrogen-bond acceptors (Lipinski definition) is 9. The number of nitrogens with zero attached hydrogens (tertiary/aromatic N) is 3. The lowest BCUT2D eigenvalue weighted by Gasteiger charge is -2.26. The normalized spacial score (nSPS) is 14.2. The standard InChI is InChI=1S/C24H22F5N5O5/c25-16-6-7-17(38-22(36)24(27,28)29)19(26)18(16)20(35)31-15-4-2-14(3-5-15)21-32-33-23(39-21)30-8-1-9-34-10-12-37-13-11-34/h2-7H,1,8-13H2,(H,30,33)(H,31,35). The predicted molar refractivity (Wildman–Crippen MR) is 126 cm³/mol. The van der Waals surface area contributed by atoms with Gasteiger partial charge in [-0.25, -0.2) is 13.6 Å². The van der Waals surface area contributed by atoms with Crippen LogP contribution in [0.25, 0.3) is 11.5 Å². The second-order valence-electron chi connectivity index (χ2n) is 8.30. The molecule has 0 radical (unpaired) electrons. The third kappa shape index (κ3) is 7.26. The van der Waals surface area contributed by atoms with Crippen molar-refractivity contribution in [1.82, 2.24) is 15.1 Å². The van der Waals surface area contributed by atoms with E-state index in [1.165, 1.54) is 24.3 Å². The highest BCUT2D eigenvalue weighted by Gasteiger charge is 2.42. The lowest BCUT2D eigenvalue weighted by Crippen LogP contribution is -2.37. The molecule has 1 aliphatic rings. The molecule has 2 N–H and O–H groups in total. The van der Waals surface area contributed by atoms with Crippen LogP contribution in [0.15, 0.2) is 40.8 Å². The zero-order valence-corrected chi connectivity index (χ0v) is 20.2.